The molecule has 0 saturated heterocycles. The molecule has 9 heteroatoms. The zero-order valence-corrected chi connectivity index (χ0v) is 11.8. The van der Waals surface area contributed by atoms with Gasteiger partial charge in [-0.25, -0.2) is 4.98 Å². The SMILES string of the molecule is Cn1c(CO)cnc1Sc1cc(C(N)=O)ccc1[N+](=O)[O-]. The van der Waals surface area contributed by atoms with Gasteiger partial charge in [-0.05, 0) is 23.9 Å². The lowest BCUT2D eigenvalue weighted by Gasteiger charge is -2.06. The van der Waals surface area contributed by atoms with E-state index in [0.717, 1.165) is 11.8 Å². The van der Waals surface area contributed by atoms with E-state index in [4.69, 9.17) is 10.8 Å². The summed E-state index contributed by atoms with van der Waals surface area (Å²) in [5.74, 6) is -0.664. The van der Waals surface area contributed by atoms with Gasteiger partial charge in [-0.3, -0.25) is 14.9 Å². The molecule has 2 aromatic rings. The van der Waals surface area contributed by atoms with Crippen LogP contribution in [-0.2, 0) is 13.7 Å². The molecule has 1 amide bonds. The third kappa shape index (κ3) is 3.03. The second-order valence-electron chi connectivity index (χ2n) is 4.16. The Hall–Kier alpha value is -2.39. The molecular weight excluding hydrogens is 296 g/mol. The molecule has 0 aliphatic heterocycles. The summed E-state index contributed by atoms with van der Waals surface area (Å²) in [4.78, 5) is 26.0. The molecule has 0 unspecified atom stereocenters. The Bertz CT molecular complexity index is 713. The molecule has 0 aliphatic carbocycles. The summed E-state index contributed by atoms with van der Waals surface area (Å²) in [5.41, 5.74) is 5.80. The maximum atomic E-state index is 11.2. The highest BCUT2D eigenvalue weighted by Crippen LogP contribution is 2.34. The van der Waals surface area contributed by atoms with Gasteiger partial charge in [0.15, 0.2) is 5.16 Å². The van der Waals surface area contributed by atoms with Gasteiger partial charge in [-0.1, -0.05) is 0 Å². The molecule has 0 radical (unpaired) electrons. The molecule has 3 N–H and O–H groups in total. The number of carbonyl (C=O) groups excluding carboxylic acids is 1. The molecule has 0 saturated carbocycles. The van der Waals surface area contributed by atoms with Crippen LogP contribution in [0.25, 0.3) is 0 Å². The molecule has 1 aromatic heterocycles. The van der Waals surface area contributed by atoms with Gasteiger partial charge in [0.05, 0.1) is 28.3 Å². The summed E-state index contributed by atoms with van der Waals surface area (Å²) in [6, 6.07) is 3.90. The predicted molar refractivity (Wildman–Crippen MR) is 74.9 cm³/mol. The molecule has 1 heterocycles. The molecule has 0 atom stereocenters. The van der Waals surface area contributed by atoms with Crippen molar-refractivity contribution in [3.63, 3.8) is 0 Å². The molecule has 0 spiro atoms. The number of nitrogens with zero attached hydrogens (tertiary/aromatic N) is 3. The van der Waals surface area contributed by atoms with Crippen LogP contribution >= 0.6 is 11.8 Å². The van der Waals surface area contributed by atoms with Crippen LogP contribution < -0.4 is 5.73 Å². The molecule has 2 rings (SSSR count). The first-order valence-corrected chi connectivity index (χ1v) is 6.63. The maximum Gasteiger partial charge on any atom is 0.283 e. The van der Waals surface area contributed by atoms with E-state index in [1.54, 1.807) is 11.6 Å². The highest BCUT2D eigenvalue weighted by atomic mass is 32.2. The van der Waals surface area contributed by atoms with Gasteiger partial charge in [0.2, 0.25) is 5.91 Å². The van der Waals surface area contributed by atoms with Crippen LogP contribution in [0.5, 0.6) is 0 Å². The standard InChI is InChI=1S/C12H12N4O4S/c1-15-8(6-17)5-14-12(15)21-10-4-7(11(13)18)2-3-9(10)16(19)20/h2-5,17H,6H2,1H3,(H2,13,18). The smallest absolute Gasteiger partial charge is 0.283 e. The Morgan fingerprint density at radius 3 is 2.81 bits per heavy atom. The lowest BCUT2D eigenvalue weighted by molar-refractivity contribution is -0.387. The summed E-state index contributed by atoms with van der Waals surface area (Å²) in [6.45, 7) is -0.187. The first kappa shape index (κ1) is 15.0. The van der Waals surface area contributed by atoms with Crippen molar-refractivity contribution in [1.82, 2.24) is 9.55 Å². The Labute approximate surface area is 123 Å². The first-order chi connectivity index (χ1) is 9.93. The lowest BCUT2D eigenvalue weighted by Crippen LogP contribution is -2.11. The zero-order chi connectivity index (χ0) is 15.6. The second kappa shape index (κ2) is 5.94. The Kier molecular flexibility index (Phi) is 4.24. The van der Waals surface area contributed by atoms with Crippen molar-refractivity contribution in [3.8, 4) is 0 Å². The van der Waals surface area contributed by atoms with Crippen LogP contribution in [0.3, 0.4) is 0 Å². The molecule has 0 aliphatic rings. The number of nitro benzene ring substituents is 1. The van der Waals surface area contributed by atoms with Crippen LogP contribution in [-0.4, -0.2) is 25.5 Å². The highest BCUT2D eigenvalue weighted by molar-refractivity contribution is 7.99. The molecule has 1 aromatic carbocycles. The van der Waals surface area contributed by atoms with Crippen molar-refractivity contribution >= 4 is 23.4 Å². The lowest BCUT2D eigenvalue weighted by atomic mass is 10.2. The van der Waals surface area contributed by atoms with Crippen molar-refractivity contribution in [2.24, 2.45) is 12.8 Å². The minimum absolute atomic E-state index is 0.140. The number of aromatic nitrogens is 2. The van der Waals surface area contributed by atoms with Gasteiger partial charge in [0, 0.05) is 18.7 Å². The fourth-order valence-corrected chi connectivity index (χ4v) is 2.66. The van der Waals surface area contributed by atoms with Crippen molar-refractivity contribution in [1.29, 1.82) is 0 Å². The Morgan fingerprint density at radius 1 is 1.57 bits per heavy atom. The minimum Gasteiger partial charge on any atom is -0.390 e. The monoisotopic (exact) mass is 308 g/mol. The molecule has 0 fully saturated rings. The van der Waals surface area contributed by atoms with Crippen LogP contribution in [0, 0.1) is 10.1 Å². The third-order valence-electron chi connectivity index (χ3n) is 2.85. The van der Waals surface area contributed by atoms with Gasteiger partial charge in [0.25, 0.3) is 5.69 Å². The van der Waals surface area contributed by atoms with E-state index in [1.165, 1.54) is 24.4 Å². The molecule has 8 nitrogen and oxygen atoms in total. The first-order valence-electron chi connectivity index (χ1n) is 5.81. The van der Waals surface area contributed by atoms with E-state index in [2.05, 4.69) is 4.98 Å². The fraction of sp³-hybridized carbons (Fsp3) is 0.167. The van der Waals surface area contributed by atoms with E-state index in [0.29, 0.717) is 10.9 Å². The van der Waals surface area contributed by atoms with Crippen molar-refractivity contribution in [3.05, 3.63) is 45.8 Å². The van der Waals surface area contributed by atoms with Crippen LogP contribution in [0.15, 0.2) is 34.4 Å². The minimum atomic E-state index is -0.664. The van der Waals surface area contributed by atoms with E-state index < -0.39 is 10.8 Å². The largest absolute Gasteiger partial charge is 0.390 e. The summed E-state index contributed by atoms with van der Waals surface area (Å²) in [6.07, 6.45) is 1.48. The van der Waals surface area contributed by atoms with Gasteiger partial charge >= 0.3 is 0 Å². The zero-order valence-electron chi connectivity index (χ0n) is 11.0. The fourth-order valence-electron chi connectivity index (χ4n) is 1.67. The summed E-state index contributed by atoms with van der Waals surface area (Å²) < 4.78 is 1.62. The number of imidazole rings is 1. The normalized spacial score (nSPS) is 10.6. The summed E-state index contributed by atoms with van der Waals surface area (Å²) >= 11 is 1.03. The van der Waals surface area contributed by atoms with E-state index in [9.17, 15) is 14.9 Å². The highest BCUT2D eigenvalue weighted by Gasteiger charge is 2.19. The van der Waals surface area contributed by atoms with Crippen molar-refractivity contribution < 1.29 is 14.8 Å². The number of nitrogens with two attached hydrogens (primary N) is 1. The van der Waals surface area contributed by atoms with Gasteiger partial charge in [-0.15, -0.1) is 0 Å². The second-order valence-corrected chi connectivity index (χ2v) is 5.16. The van der Waals surface area contributed by atoms with Crippen molar-refractivity contribution in [2.75, 3.05) is 0 Å². The number of carbonyl (C=O) groups is 1. The Balaban J connectivity index is 2.45. The maximum absolute atomic E-state index is 11.2. The average Bonchev–Trinajstić information content (AvgIpc) is 2.79. The van der Waals surface area contributed by atoms with E-state index in [-0.39, 0.29) is 22.8 Å². The number of hydrogen-bond acceptors (Lipinski definition) is 6. The van der Waals surface area contributed by atoms with E-state index >= 15 is 0 Å². The summed E-state index contributed by atoms with van der Waals surface area (Å²) in [5, 5.41) is 20.6. The van der Waals surface area contributed by atoms with Gasteiger partial charge in [0.1, 0.15) is 0 Å². The molecular formula is C12H12N4O4S. The topological polar surface area (TPSA) is 124 Å². The number of primary amides is 1. The van der Waals surface area contributed by atoms with Crippen molar-refractivity contribution in [2.45, 2.75) is 16.7 Å². The Morgan fingerprint density at radius 2 is 2.29 bits per heavy atom. The quantitative estimate of drug-likeness (QED) is 0.629. The number of amides is 1. The van der Waals surface area contributed by atoms with Crippen LogP contribution in [0.4, 0.5) is 5.69 Å². The molecule has 110 valence electrons. The average molecular weight is 308 g/mol. The van der Waals surface area contributed by atoms with E-state index in [1.807, 2.05) is 0 Å². The molecule has 21 heavy (non-hydrogen) atoms. The van der Waals surface area contributed by atoms with Gasteiger partial charge in [-0.2, -0.15) is 0 Å². The number of aliphatic hydroxyl groups excluding tert-OH is 1. The number of rotatable bonds is 5. The summed E-state index contributed by atoms with van der Waals surface area (Å²) in [7, 11) is 1.69. The third-order valence-corrected chi connectivity index (χ3v) is 3.95. The molecule has 0 bridgehead atoms. The number of aliphatic hydroxyl groups is 1. The number of benzene rings is 1. The van der Waals surface area contributed by atoms with Crippen LogP contribution in [0.2, 0.25) is 0 Å². The number of nitro groups is 1. The van der Waals surface area contributed by atoms with Crippen LogP contribution in [0.1, 0.15) is 16.1 Å². The van der Waals surface area contributed by atoms with Gasteiger partial charge < -0.3 is 15.4 Å². The predicted octanol–water partition coefficient (Wildman–Crippen LogP) is 1.07. The number of hydrogen-bond donors (Lipinski definition) is 2.